The lowest BCUT2D eigenvalue weighted by atomic mass is 9.95. The predicted octanol–water partition coefficient (Wildman–Crippen LogP) is 3.41. The molecule has 3 amide bonds. The number of hydrogen-bond acceptors (Lipinski definition) is 12. The van der Waals surface area contributed by atoms with Crippen molar-refractivity contribution in [2.24, 2.45) is 0 Å². The highest BCUT2D eigenvalue weighted by Gasteiger charge is 2.46. The van der Waals surface area contributed by atoms with Crippen LogP contribution in [0.3, 0.4) is 0 Å². The van der Waals surface area contributed by atoms with E-state index in [-0.39, 0.29) is 30.6 Å². The van der Waals surface area contributed by atoms with Crippen LogP contribution >= 0.6 is 0 Å². The number of fused-ring (bicyclic) bond motifs is 2. The number of imide groups is 1. The number of nitrogen functional groups attached to an aromatic ring is 1. The average Bonchev–Trinajstić information content (AvgIpc) is 3.69. The summed E-state index contributed by atoms with van der Waals surface area (Å²) < 4.78 is 21.2. The van der Waals surface area contributed by atoms with E-state index in [0.717, 1.165) is 85.0 Å². The van der Waals surface area contributed by atoms with Crippen molar-refractivity contribution in [2.75, 3.05) is 49.9 Å². The molecule has 2 atom stereocenters. The number of carbonyl (C=O) groups excluding carboxylic acids is 3. The van der Waals surface area contributed by atoms with E-state index in [9.17, 15) is 23.9 Å². The molecule has 3 aromatic carbocycles. The van der Waals surface area contributed by atoms with Crippen molar-refractivity contribution in [2.45, 2.75) is 56.1 Å². The van der Waals surface area contributed by atoms with Crippen LogP contribution in [0.25, 0.3) is 22.3 Å². The largest absolute Gasteiger partial charge is 0.457 e. The van der Waals surface area contributed by atoms with Gasteiger partial charge in [-0.2, -0.15) is 5.10 Å². The van der Waals surface area contributed by atoms with Gasteiger partial charge in [0.25, 0.3) is 11.8 Å². The molecule has 0 spiro atoms. The number of likely N-dealkylation sites (tertiary alicyclic amines) is 2. The van der Waals surface area contributed by atoms with Crippen molar-refractivity contribution in [3.8, 4) is 22.8 Å². The van der Waals surface area contributed by atoms with E-state index in [1.807, 2.05) is 35.0 Å². The Hall–Kier alpha value is -5.97. The maximum atomic E-state index is 13.3. The molecule has 0 bridgehead atoms. The van der Waals surface area contributed by atoms with Gasteiger partial charge in [0.15, 0.2) is 5.65 Å². The number of piperidine rings is 2. The van der Waals surface area contributed by atoms with Crippen molar-refractivity contribution >= 4 is 40.3 Å². The molecule has 0 saturated carbocycles. The smallest absolute Gasteiger partial charge is 0.262 e. The van der Waals surface area contributed by atoms with Crippen LogP contribution in [0.2, 0.25) is 0 Å². The maximum absolute atomic E-state index is 13.3. The number of anilines is 2. The Labute approximate surface area is 326 Å². The molecular weight excluding hydrogens is 732 g/mol. The Morgan fingerprint density at radius 3 is 2.19 bits per heavy atom. The number of hydrogen-bond donors (Lipinski definition) is 3. The first-order valence-electron chi connectivity index (χ1n) is 19.4. The number of aromatic nitrogens is 4. The van der Waals surface area contributed by atoms with Crippen LogP contribution in [0.15, 0.2) is 73.1 Å². The van der Waals surface area contributed by atoms with Gasteiger partial charge >= 0.3 is 0 Å². The van der Waals surface area contributed by atoms with E-state index >= 15 is 0 Å². The van der Waals surface area contributed by atoms with Crippen molar-refractivity contribution < 1.29 is 28.6 Å². The van der Waals surface area contributed by atoms with E-state index in [4.69, 9.17) is 15.6 Å². The number of nitrogens with zero attached hydrogens (tertiary/aromatic N) is 8. The lowest BCUT2D eigenvalue weighted by molar-refractivity contribution is -0.129. The standard InChI is InChI=1S/C41H41FN10O5/c42-24-3-8-30(9-4-24)57-29-6-1-23(2-7-29)36-35-37(43)44-22-45-38(35)52(47-36)25-13-15-48(16-14-25)27-18-50(19-27)28-20-49(21-28)26-5-10-31-32(17-26)41(56)51(40(31)55)33-11-12-34(53)46-39(33)54/h1-10,17,22,25,27-28,33,39,54H,11-16,18-21H2,(H,46,53)(H2,43,44,45). The zero-order valence-corrected chi connectivity index (χ0v) is 31.0. The highest BCUT2D eigenvalue weighted by Crippen LogP contribution is 2.38. The Morgan fingerprint density at radius 1 is 0.789 bits per heavy atom. The third kappa shape index (κ3) is 6.24. The summed E-state index contributed by atoms with van der Waals surface area (Å²) in [5.41, 5.74) is 10.3. The number of rotatable bonds is 8. The topological polar surface area (TPSA) is 175 Å². The minimum absolute atomic E-state index is 0.150. The van der Waals surface area contributed by atoms with Gasteiger partial charge in [-0.1, -0.05) is 0 Å². The molecule has 5 aromatic rings. The Bertz CT molecular complexity index is 2390. The monoisotopic (exact) mass is 772 g/mol. The quantitative estimate of drug-likeness (QED) is 0.197. The Morgan fingerprint density at radius 2 is 1.47 bits per heavy atom. The van der Waals surface area contributed by atoms with E-state index < -0.39 is 24.1 Å². The summed E-state index contributed by atoms with van der Waals surface area (Å²) in [5.74, 6) is 0.0745. The number of carbonyl (C=O) groups is 3. The summed E-state index contributed by atoms with van der Waals surface area (Å²) in [6, 6.07) is 19.1. The zero-order chi connectivity index (χ0) is 38.9. The number of halogens is 1. The molecule has 0 radical (unpaired) electrons. The van der Waals surface area contributed by atoms with E-state index in [1.165, 1.54) is 18.5 Å². The number of amides is 3. The maximum Gasteiger partial charge on any atom is 0.262 e. The molecule has 10 rings (SSSR count). The highest BCUT2D eigenvalue weighted by molar-refractivity contribution is 6.22. The van der Waals surface area contributed by atoms with Gasteiger partial charge in [-0.05, 0) is 86.0 Å². The van der Waals surface area contributed by atoms with Crippen molar-refractivity contribution in [1.82, 2.24) is 39.8 Å². The van der Waals surface area contributed by atoms with Gasteiger partial charge in [0, 0.05) is 69.0 Å². The summed E-state index contributed by atoms with van der Waals surface area (Å²) in [5, 5.41) is 18.6. The number of nitrogens with one attached hydrogen (secondary N) is 1. The fourth-order valence-corrected chi connectivity index (χ4v) is 8.97. The third-order valence-electron chi connectivity index (χ3n) is 12.3. The summed E-state index contributed by atoms with van der Waals surface area (Å²) in [7, 11) is 0. The second-order valence-electron chi connectivity index (χ2n) is 15.6. The number of ether oxygens (including phenoxy) is 1. The third-order valence-corrected chi connectivity index (χ3v) is 12.3. The summed E-state index contributed by atoms with van der Waals surface area (Å²) >= 11 is 0. The molecule has 4 fully saturated rings. The average molecular weight is 773 g/mol. The fourth-order valence-electron chi connectivity index (χ4n) is 8.97. The van der Waals surface area contributed by atoms with Crippen molar-refractivity contribution in [1.29, 1.82) is 0 Å². The minimum atomic E-state index is -1.27. The molecule has 4 saturated heterocycles. The van der Waals surface area contributed by atoms with E-state index in [1.54, 1.807) is 24.3 Å². The molecule has 5 aliphatic rings. The summed E-state index contributed by atoms with van der Waals surface area (Å²) in [6.45, 7) is 5.61. The summed E-state index contributed by atoms with van der Waals surface area (Å²) in [4.78, 5) is 55.5. The van der Waals surface area contributed by atoms with Crippen LogP contribution in [-0.2, 0) is 4.79 Å². The van der Waals surface area contributed by atoms with Gasteiger partial charge < -0.3 is 25.8 Å². The molecular formula is C41H41FN10O5. The van der Waals surface area contributed by atoms with E-state index in [2.05, 4.69) is 30.0 Å². The Kier molecular flexibility index (Phi) is 8.64. The summed E-state index contributed by atoms with van der Waals surface area (Å²) in [6.07, 6.45) is 2.47. The van der Waals surface area contributed by atoms with Crippen LogP contribution in [0.5, 0.6) is 11.5 Å². The molecule has 292 valence electrons. The van der Waals surface area contributed by atoms with Crippen LogP contribution in [-0.4, -0.2) is 121 Å². The Balaban J connectivity index is 0.737. The number of nitrogens with two attached hydrogens (primary N) is 1. The number of aliphatic hydroxyl groups excluding tert-OH is 1. The van der Waals surface area contributed by atoms with Gasteiger partial charge in [0.05, 0.1) is 28.6 Å². The van der Waals surface area contributed by atoms with Crippen molar-refractivity contribution in [3.05, 3.63) is 90.0 Å². The van der Waals surface area contributed by atoms with E-state index in [0.29, 0.717) is 40.5 Å². The SMILES string of the molecule is Nc1ncnc2c1c(-c1ccc(Oc3ccc(F)cc3)cc1)nn2C1CCN(C2CN(C3CN(c4ccc5c(c4)C(=O)N(C4CCC(=O)NC4O)C5=O)C3)C2)CC1. The second-order valence-corrected chi connectivity index (χ2v) is 15.6. The van der Waals surface area contributed by atoms with Gasteiger partial charge in [0.1, 0.15) is 41.4 Å². The number of benzene rings is 3. The van der Waals surface area contributed by atoms with Crippen LogP contribution < -0.4 is 20.7 Å². The molecule has 2 aromatic heterocycles. The van der Waals surface area contributed by atoms with Crippen molar-refractivity contribution in [3.63, 3.8) is 0 Å². The molecule has 57 heavy (non-hydrogen) atoms. The lowest BCUT2D eigenvalue weighted by Crippen LogP contribution is -2.70. The lowest BCUT2D eigenvalue weighted by Gasteiger charge is -2.55. The van der Waals surface area contributed by atoms with Crippen LogP contribution in [0, 0.1) is 5.82 Å². The second kappa shape index (κ2) is 13.9. The molecule has 2 unspecified atom stereocenters. The van der Waals surface area contributed by atoms with Gasteiger partial charge in [-0.3, -0.25) is 29.1 Å². The van der Waals surface area contributed by atoms with Crippen LogP contribution in [0.4, 0.5) is 15.9 Å². The first kappa shape index (κ1) is 35.4. The molecule has 16 heteroatoms. The normalized spacial score (nSPS) is 22.5. The minimum Gasteiger partial charge on any atom is -0.457 e. The first-order chi connectivity index (χ1) is 27.7. The zero-order valence-electron chi connectivity index (χ0n) is 31.0. The fraction of sp³-hybridized carbons (Fsp3) is 0.366. The molecule has 4 N–H and O–H groups in total. The molecule has 0 aliphatic carbocycles. The molecule has 15 nitrogen and oxygen atoms in total. The molecule has 7 heterocycles. The number of aliphatic hydroxyl groups is 1. The molecule has 5 aliphatic heterocycles. The van der Waals surface area contributed by atoms with Gasteiger partial charge in [0.2, 0.25) is 5.91 Å². The van der Waals surface area contributed by atoms with Gasteiger partial charge in [-0.25, -0.2) is 19.0 Å². The van der Waals surface area contributed by atoms with Gasteiger partial charge in [-0.15, -0.1) is 0 Å². The highest BCUT2D eigenvalue weighted by atomic mass is 19.1. The first-order valence-corrected chi connectivity index (χ1v) is 19.4. The predicted molar refractivity (Wildman–Crippen MR) is 207 cm³/mol. The van der Waals surface area contributed by atoms with Crippen LogP contribution in [0.1, 0.15) is 52.4 Å².